The van der Waals surface area contributed by atoms with E-state index < -0.39 is 0 Å². The molecule has 1 saturated carbocycles. The van der Waals surface area contributed by atoms with Gasteiger partial charge in [-0.1, -0.05) is 19.8 Å². The zero-order chi connectivity index (χ0) is 17.6. The summed E-state index contributed by atoms with van der Waals surface area (Å²) in [4.78, 5) is 28.4. The highest BCUT2D eigenvalue weighted by atomic mass is 16.5. The van der Waals surface area contributed by atoms with Crippen molar-refractivity contribution in [2.45, 2.75) is 45.1 Å². The van der Waals surface area contributed by atoms with Gasteiger partial charge in [-0.15, -0.1) is 0 Å². The zero-order valence-corrected chi connectivity index (χ0v) is 15.1. The normalized spacial score (nSPS) is 19.2. The van der Waals surface area contributed by atoms with Crippen molar-refractivity contribution in [1.29, 1.82) is 0 Å². The lowest BCUT2D eigenvalue weighted by molar-refractivity contribution is -0.135. The maximum atomic E-state index is 12.3. The van der Waals surface area contributed by atoms with Crippen LogP contribution in [0, 0.1) is 0 Å². The molecule has 5 nitrogen and oxygen atoms in total. The summed E-state index contributed by atoms with van der Waals surface area (Å²) in [7, 11) is 0. The van der Waals surface area contributed by atoms with Crippen LogP contribution in [0.25, 0.3) is 0 Å². The number of nitrogens with zero attached hydrogens (tertiary/aromatic N) is 2. The van der Waals surface area contributed by atoms with E-state index >= 15 is 0 Å². The molecule has 0 aromatic heterocycles. The van der Waals surface area contributed by atoms with Gasteiger partial charge in [-0.2, -0.15) is 0 Å². The monoisotopic (exact) mass is 344 g/mol. The lowest BCUT2D eigenvalue weighted by atomic mass is 10.1. The molecular formula is C20H28N2O3. The number of hydrogen-bond acceptors (Lipinski definition) is 4. The average molecular weight is 344 g/mol. The predicted octanol–water partition coefficient (Wildman–Crippen LogP) is 2.74. The Kier molecular flexibility index (Phi) is 6.08. The van der Waals surface area contributed by atoms with Gasteiger partial charge in [-0.05, 0) is 37.1 Å². The molecule has 1 aromatic rings. The third-order valence-electron chi connectivity index (χ3n) is 5.37. The van der Waals surface area contributed by atoms with E-state index in [1.54, 1.807) is 24.3 Å². The molecule has 2 aliphatic rings. The van der Waals surface area contributed by atoms with Gasteiger partial charge in [0.25, 0.3) is 5.91 Å². The fourth-order valence-electron chi connectivity index (χ4n) is 3.78. The van der Waals surface area contributed by atoms with Crippen molar-refractivity contribution < 1.29 is 14.3 Å². The lowest BCUT2D eigenvalue weighted by Crippen LogP contribution is -2.52. The van der Waals surface area contributed by atoms with Crippen molar-refractivity contribution in [3.63, 3.8) is 0 Å². The maximum absolute atomic E-state index is 12.3. The van der Waals surface area contributed by atoms with Crippen LogP contribution in [-0.2, 0) is 4.79 Å². The molecule has 1 saturated heterocycles. The molecule has 2 fully saturated rings. The first kappa shape index (κ1) is 17.9. The van der Waals surface area contributed by atoms with Gasteiger partial charge >= 0.3 is 0 Å². The summed E-state index contributed by atoms with van der Waals surface area (Å²) in [6.45, 7) is 5.45. The minimum Gasteiger partial charge on any atom is -0.484 e. The van der Waals surface area contributed by atoms with Gasteiger partial charge in [0.1, 0.15) is 5.75 Å². The number of piperazine rings is 1. The van der Waals surface area contributed by atoms with Crippen LogP contribution in [0.15, 0.2) is 24.3 Å². The summed E-state index contributed by atoms with van der Waals surface area (Å²) in [5.74, 6) is 0.785. The second-order valence-corrected chi connectivity index (χ2v) is 6.94. The molecule has 0 radical (unpaired) electrons. The van der Waals surface area contributed by atoms with Gasteiger partial charge in [-0.3, -0.25) is 14.5 Å². The first-order valence-corrected chi connectivity index (χ1v) is 9.45. The van der Waals surface area contributed by atoms with Crippen LogP contribution in [0.3, 0.4) is 0 Å². The van der Waals surface area contributed by atoms with Gasteiger partial charge in [0.15, 0.2) is 12.4 Å². The largest absolute Gasteiger partial charge is 0.484 e. The first-order valence-electron chi connectivity index (χ1n) is 9.45. The summed E-state index contributed by atoms with van der Waals surface area (Å²) < 4.78 is 5.60. The fourth-order valence-corrected chi connectivity index (χ4v) is 3.78. The highest BCUT2D eigenvalue weighted by molar-refractivity contribution is 5.95. The lowest BCUT2D eigenvalue weighted by Gasteiger charge is -2.38. The minimum atomic E-state index is 0.0415. The summed E-state index contributed by atoms with van der Waals surface area (Å²) in [6.07, 6.45) is 5.81. The van der Waals surface area contributed by atoms with E-state index in [0.717, 1.165) is 32.2 Å². The Morgan fingerprint density at radius 2 is 1.68 bits per heavy atom. The molecule has 3 rings (SSSR count). The van der Waals surface area contributed by atoms with Crippen molar-refractivity contribution in [2.24, 2.45) is 0 Å². The van der Waals surface area contributed by atoms with E-state index in [9.17, 15) is 9.59 Å². The van der Waals surface area contributed by atoms with Crippen LogP contribution in [0.4, 0.5) is 0 Å². The highest BCUT2D eigenvalue weighted by Gasteiger charge is 2.27. The summed E-state index contributed by atoms with van der Waals surface area (Å²) in [6, 6.07) is 7.76. The Bertz CT molecular complexity index is 585. The quantitative estimate of drug-likeness (QED) is 0.745. The van der Waals surface area contributed by atoms with Crippen LogP contribution in [0.1, 0.15) is 49.4 Å². The van der Waals surface area contributed by atoms with Crippen molar-refractivity contribution in [1.82, 2.24) is 9.80 Å². The Hall–Kier alpha value is -1.88. The molecule has 1 aliphatic heterocycles. The van der Waals surface area contributed by atoms with Crippen LogP contribution in [-0.4, -0.2) is 60.3 Å². The van der Waals surface area contributed by atoms with E-state index in [2.05, 4.69) is 4.90 Å². The number of Topliss-reactive ketones (excluding diaryl/α,β-unsaturated/α-hetero) is 1. The summed E-state index contributed by atoms with van der Waals surface area (Å²) in [5.41, 5.74) is 0.684. The minimum absolute atomic E-state index is 0.0415. The highest BCUT2D eigenvalue weighted by Crippen LogP contribution is 2.24. The molecule has 1 aliphatic carbocycles. The number of hydrogen-bond donors (Lipinski definition) is 0. The third-order valence-corrected chi connectivity index (χ3v) is 5.37. The molecule has 1 heterocycles. The standard InChI is InChI=1S/C20H28N2O3/c1-2-19(23)16-7-9-18(10-8-16)25-15-20(24)22-13-11-21(12-14-22)17-5-3-4-6-17/h7-10,17H,2-6,11-15H2,1H3. The first-order chi connectivity index (χ1) is 12.2. The van der Waals surface area contributed by atoms with Gasteiger partial charge in [0, 0.05) is 44.2 Å². The summed E-state index contributed by atoms with van der Waals surface area (Å²) in [5, 5.41) is 0. The second-order valence-electron chi connectivity index (χ2n) is 6.94. The van der Waals surface area contributed by atoms with Crippen LogP contribution >= 0.6 is 0 Å². The number of carbonyl (C=O) groups is 2. The topological polar surface area (TPSA) is 49.9 Å². The smallest absolute Gasteiger partial charge is 0.260 e. The van der Waals surface area contributed by atoms with Gasteiger partial charge in [0.05, 0.1) is 0 Å². The molecule has 0 N–H and O–H groups in total. The molecule has 5 heteroatoms. The van der Waals surface area contributed by atoms with Crippen LogP contribution in [0.5, 0.6) is 5.75 Å². The van der Waals surface area contributed by atoms with Crippen molar-refractivity contribution in [3.8, 4) is 5.75 Å². The predicted molar refractivity (Wildman–Crippen MR) is 97.0 cm³/mol. The Morgan fingerprint density at radius 1 is 1.04 bits per heavy atom. The average Bonchev–Trinajstić information content (AvgIpc) is 3.21. The number of benzene rings is 1. The van der Waals surface area contributed by atoms with Crippen LogP contribution in [0.2, 0.25) is 0 Å². The molecule has 1 aromatic carbocycles. The number of amides is 1. The molecule has 0 unspecified atom stereocenters. The Morgan fingerprint density at radius 3 is 2.28 bits per heavy atom. The van der Waals surface area contributed by atoms with Crippen molar-refractivity contribution in [3.05, 3.63) is 29.8 Å². The fraction of sp³-hybridized carbons (Fsp3) is 0.600. The van der Waals surface area contributed by atoms with E-state index in [4.69, 9.17) is 4.74 Å². The van der Waals surface area contributed by atoms with Crippen LogP contribution < -0.4 is 4.74 Å². The maximum Gasteiger partial charge on any atom is 0.260 e. The number of carbonyl (C=O) groups excluding carboxylic acids is 2. The van der Waals surface area contributed by atoms with Gasteiger partial charge in [0.2, 0.25) is 0 Å². The third kappa shape index (κ3) is 4.60. The molecule has 25 heavy (non-hydrogen) atoms. The Labute approximate surface area is 149 Å². The van der Waals surface area contributed by atoms with Crippen molar-refractivity contribution in [2.75, 3.05) is 32.8 Å². The SMILES string of the molecule is CCC(=O)c1ccc(OCC(=O)N2CCN(C3CCCC3)CC2)cc1. The number of ether oxygens (including phenoxy) is 1. The summed E-state index contributed by atoms with van der Waals surface area (Å²) >= 11 is 0. The van der Waals surface area contributed by atoms with Crippen molar-refractivity contribution >= 4 is 11.7 Å². The molecular weight excluding hydrogens is 316 g/mol. The molecule has 0 atom stereocenters. The number of ketones is 1. The zero-order valence-electron chi connectivity index (χ0n) is 15.1. The van der Waals surface area contributed by atoms with E-state index in [1.807, 2.05) is 11.8 Å². The van der Waals surface area contributed by atoms with E-state index in [-0.39, 0.29) is 18.3 Å². The molecule has 0 spiro atoms. The van der Waals surface area contributed by atoms with E-state index in [0.29, 0.717) is 17.7 Å². The molecule has 0 bridgehead atoms. The van der Waals surface area contributed by atoms with Gasteiger partial charge in [-0.25, -0.2) is 0 Å². The molecule has 1 amide bonds. The second kappa shape index (κ2) is 8.48. The molecule has 136 valence electrons. The number of rotatable bonds is 6. The van der Waals surface area contributed by atoms with E-state index in [1.165, 1.54) is 25.7 Å². The Balaban J connectivity index is 1.43. The van der Waals surface area contributed by atoms with Gasteiger partial charge < -0.3 is 9.64 Å².